The molecule has 1 aliphatic rings. The normalized spacial score (nSPS) is 21.7. The maximum Gasteiger partial charge on any atom is 0.263 e. The predicted molar refractivity (Wildman–Crippen MR) is 79.3 cm³/mol. The molecule has 1 fully saturated rings. The van der Waals surface area contributed by atoms with Gasteiger partial charge in [0.2, 0.25) is 0 Å². The van der Waals surface area contributed by atoms with Gasteiger partial charge in [0.1, 0.15) is 11.9 Å². The van der Waals surface area contributed by atoms with Crippen molar-refractivity contribution in [1.29, 1.82) is 0 Å². The first-order valence-electron chi connectivity index (χ1n) is 7.29. The summed E-state index contributed by atoms with van der Waals surface area (Å²) in [6.07, 6.45) is -1.47. The van der Waals surface area contributed by atoms with Gasteiger partial charge in [-0.15, -0.1) is 0 Å². The lowest BCUT2D eigenvalue weighted by molar-refractivity contribution is -0.149. The van der Waals surface area contributed by atoms with Crippen molar-refractivity contribution < 1.29 is 19.4 Å². The van der Waals surface area contributed by atoms with Crippen LogP contribution in [0.25, 0.3) is 0 Å². The number of carbonyl (C=O) groups excluding carboxylic acids is 1. The van der Waals surface area contributed by atoms with Gasteiger partial charge in [-0.05, 0) is 38.5 Å². The van der Waals surface area contributed by atoms with Crippen molar-refractivity contribution in [2.45, 2.75) is 39.1 Å². The maximum atomic E-state index is 12.4. The first-order chi connectivity index (χ1) is 9.97. The highest BCUT2D eigenvalue weighted by Crippen LogP contribution is 2.16. The van der Waals surface area contributed by atoms with Crippen LogP contribution in [0.4, 0.5) is 0 Å². The van der Waals surface area contributed by atoms with E-state index in [4.69, 9.17) is 9.47 Å². The average Bonchev–Trinajstić information content (AvgIpc) is 2.46. The largest absolute Gasteiger partial charge is 0.481 e. The number of aliphatic hydroxyl groups is 1. The lowest BCUT2D eigenvalue weighted by Gasteiger charge is -2.35. The average molecular weight is 293 g/mol. The third-order valence-corrected chi connectivity index (χ3v) is 3.59. The predicted octanol–water partition coefficient (Wildman–Crippen LogP) is 1.37. The zero-order chi connectivity index (χ0) is 15.4. The summed E-state index contributed by atoms with van der Waals surface area (Å²) in [4.78, 5) is 14.1. The molecule has 0 saturated carbocycles. The summed E-state index contributed by atoms with van der Waals surface area (Å²) in [6.45, 7) is 6.78. The summed E-state index contributed by atoms with van der Waals surface area (Å²) >= 11 is 0. The van der Waals surface area contributed by atoms with Gasteiger partial charge in [-0.1, -0.05) is 12.1 Å². The molecule has 1 saturated heterocycles. The topological polar surface area (TPSA) is 59.0 Å². The Hall–Kier alpha value is -1.59. The molecule has 5 heteroatoms. The lowest BCUT2D eigenvalue weighted by Crippen LogP contribution is -2.52. The van der Waals surface area contributed by atoms with E-state index in [0.29, 0.717) is 25.4 Å². The van der Waals surface area contributed by atoms with E-state index >= 15 is 0 Å². The van der Waals surface area contributed by atoms with Crippen LogP contribution in [0.15, 0.2) is 24.3 Å². The Balaban J connectivity index is 1.95. The second kappa shape index (κ2) is 6.91. The molecule has 1 heterocycles. The number of morpholine rings is 1. The summed E-state index contributed by atoms with van der Waals surface area (Å²) < 4.78 is 11.2. The van der Waals surface area contributed by atoms with Crippen molar-refractivity contribution in [1.82, 2.24) is 4.90 Å². The number of rotatable bonds is 4. The van der Waals surface area contributed by atoms with Crippen molar-refractivity contribution in [3.63, 3.8) is 0 Å². The van der Waals surface area contributed by atoms with Gasteiger partial charge in [0.05, 0.1) is 12.7 Å². The molecule has 1 aromatic rings. The molecule has 1 aliphatic heterocycles. The summed E-state index contributed by atoms with van der Waals surface area (Å²) in [5, 5.41) is 9.59. The molecule has 21 heavy (non-hydrogen) atoms. The van der Waals surface area contributed by atoms with Crippen LogP contribution in [0.3, 0.4) is 0 Å². The molecule has 5 nitrogen and oxygen atoms in total. The van der Waals surface area contributed by atoms with Crippen LogP contribution in [-0.2, 0) is 9.53 Å². The first kappa shape index (κ1) is 15.8. The minimum absolute atomic E-state index is 0.0783. The van der Waals surface area contributed by atoms with Crippen molar-refractivity contribution in [2.24, 2.45) is 0 Å². The number of amides is 1. The fourth-order valence-electron chi connectivity index (χ4n) is 2.37. The highest BCUT2D eigenvalue weighted by atomic mass is 16.5. The Labute approximate surface area is 125 Å². The van der Waals surface area contributed by atoms with Crippen molar-refractivity contribution in [2.75, 3.05) is 19.7 Å². The molecule has 1 aromatic carbocycles. The van der Waals surface area contributed by atoms with E-state index in [1.807, 2.05) is 31.2 Å². The van der Waals surface area contributed by atoms with E-state index in [9.17, 15) is 9.90 Å². The van der Waals surface area contributed by atoms with Crippen LogP contribution in [0, 0.1) is 6.92 Å². The van der Waals surface area contributed by atoms with E-state index in [1.165, 1.54) is 0 Å². The van der Waals surface area contributed by atoms with E-state index in [1.54, 1.807) is 18.7 Å². The molecular weight excluding hydrogens is 270 g/mol. The smallest absolute Gasteiger partial charge is 0.263 e. The van der Waals surface area contributed by atoms with E-state index in [0.717, 1.165) is 5.56 Å². The molecule has 1 N–H and O–H groups in total. The zero-order valence-electron chi connectivity index (χ0n) is 12.8. The van der Waals surface area contributed by atoms with E-state index in [2.05, 4.69) is 0 Å². The van der Waals surface area contributed by atoms with Crippen LogP contribution in [0.2, 0.25) is 0 Å². The van der Waals surface area contributed by atoms with Crippen LogP contribution in [-0.4, -0.2) is 53.9 Å². The summed E-state index contributed by atoms with van der Waals surface area (Å²) in [5.74, 6) is 0.613. The number of aryl methyl sites for hydroxylation is 1. The van der Waals surface area contributed by atoms with Crippen LogP contribution in [0.1, 0.15) is 19.4 Å². The van der Waals surface area contributed by atoms with Crippen LogP contribution < -0.4 is 4.74 Å². The summed E-state index contributed by atoms with van der Waals surface area (Å²) in [7, 11) is 0. The van der Waals surface area contributed by atoms with Gasteiger partial charge in [-0.2, -0.15) is 0 Å². The minimum Gasteiger partial charge on any atom is -0.481 e. The summed E-state index contributed by atoms with van der Waals surface area (Å²) in [6, 6.07) is 7.63. The van der Waals surface area contributed by atoms with Gasteiger partial charge in [-0.3, -0.25) is 4.79 Å². The Morgan fingerprint density at radius 2 is 2.24 bits per heavy atom. The first-order valence-corrected chi connectivity index (χ1v) is 7.29. The van der Waals surface area contributed by atoms with E-state index in [-0.39, 0.29) is 12.0 Å². The molecule has 0 aliphatic carbocycles. The molecule has 2 rings (SSSR count). The van der Waals surface area contributed by atoms with Gasteiger partial charge in [0.25, 0.3) is 5.91 Å². The SMILES string of the molecule is Cc1cccc(OC(C)C(=O)N2CCOC(C(C)O)C2)c1. The van der Waals surface area contributed by atoms with E-state index < -0.39 is 12.2 Å². The Morgan fingerprint density at radius 3 is 2.90 bits per heavy atom. The number of hydrogen-bond acceptors (Lipinski definition) is 4. The minimum atomic E-state index is -0.589. The standard InChI is InChI=1S/C16H23NO4/c1-11-5-4-6-14(9-11)21-13(3)16(19)17-7-8-20-15(10-17)12(2)18/h4-6,9,12-13,15,18H,7-8,10H2,1-3H3. The molecule has 3 atom stereocenters. The lowest BCUT2D eigenvalue weighted by atomic mass is 10.1. The quantitative estimate of drug-likeness (QED) is 0.911. The monoisotopic (exact) mass is 293 g/mol. The Bertz CT molecular complexity index is 489. The maximum absolute atomic E-state index is 12.4. The zero-order valence-corrected chi connectivity index (χ0v) is 12.8. The van der Waals surface area contributed by atoms with Gasteiger partial charge < -0.3 is 19.5 Å². The second-order valence-corrected chi connectivity index (χ2v) is 5.51. The van der Waals surface area contributed by atoms with Crippen LogP contribution >= 0.6 is 0 Å². The van der Waals surface area contributed by atoms with Crippen molar-refractivity contribution in [3.05, 3.63) is 29.8 Å². The second-order valence-electron chi connectivity index (χ2n) is 5.51. The molecule has 116 valence electrons. The van der Waals surface area contributed by atoms with Gasteiger partial charge >= 0.3 is 0 Å². The fraction of sp³-hybridized carbons (Fsp3) is 0.562. The number of carbonyl (C=O) groups is 1. The van der Waals surface area contributed by atoms with Crippen molar-refractivity contribution >= 4 is 5.91 Å². The van der Waals surface area contributed by atoms with Crippen molar-refractivity contribution in [3.8, 4) is 5.75 Å². The van der Waals surface area contributed by atoms with Gasteiger partial charge in [0, 0.05) is 13.1 Å². The third-order valence-electron chi connectivity index (χ3n) is 3.59. The molecule has 0 spiro atoms. The number of nitrogens with zero attached hydrogens (tertiary/aromatic N) is 1. The number of ether oxygens (including phenoxy) is 2. The molecule has 0 aromatic heterocycles. The molecule has 0 radical (unpaired) electrons. The highest BCUT2D eigenvalue weighted by Gasteiger charge is 2.30. The fourth-order valence-corrected chi connectivity index (χ4v) is 2.37. The van der Waals surface area contributed by atoms with Gasteiger partial charge in [0.15, 0.2) is 6.10 Å². The Morgan fingerprint density at radius 1 is 1.48 bits per heavy atom. The highest BCUT2D eigenvalue weighted by molar-refractivity contribution is 5.81. The molecule has 0 bridgehead atoms. The molecular formula is C16H23NO4. The number of hydrogen-bond donors (Lipinski definition) is 1. The van der Waals surface area contributed by atoms with Gasteiger partial charge in [-0.25, -0.2) is 0 Å². The molecule has 3 unspecified atom stereocenters. The summed E-state index contributed by atoms with van der Waals surface area (Å²) in [5.41, 5.74) is 1.09. The molecule has 1 amide bonds. The number of benzene rings is 1. The number of aliphatic hydroxyl groups excluding tert-OH is 1. The Kier molecular flexibility index (Phi) is 5.20. The third kappa shape index (κ3) is 4.19. The van der Waals surface area contributed by atoms with Crippen LogP contribution in [0.5, 0.6) is 5.75 Å².